The maximum atomic E-state index is 10.6. The third kappa shape index (κ3) is 12.8. The first-order valence-electron chi connectivity index (χ1n) is 3.02. The molecule has 0 aromatic heterocycles. The largest absolute Gasteiger partial charge is 1.00 e. The van der Waals surface area contributed by atoms with Gasteiger partial charge >= 0.3 is 65.1 Å². The topological polar surface area (TPSA) is 143 Å². The molecule has 0 heterocycles. The van der Waals surface area contributed by atoms with E-state index in [-0.39, 0.29) is 59.1 Å². The third-order valence-electron chi connectivity index (χ3n) is 0.991. The van der Waals surface area contributed by atoms with E-state index in [0.717, 1.165) is 4.90 Å². The summed E-state index contributed by atoms with van der Waals surface area (Å²) < 4.78 is 13.4. The van der Waals surface area contributed by atoms with Gasteiger partial charge in [0.1, 0.15) is 14.4 Å². The fourth-order valence-electron chi connectivity index (χ4n) is 0.432. The normalized spacial score (nSPS) is 9.27. The number of nitrogens with two attached hydrogens (primary N) is 1. The van der Waals surface area contributed by atoms with Crippen LogP contribution in [-0.2, 0) is 13.9 Å². The Hall–Kier alpha value is 0.890. The second-order valence-electron chi connectivity index (χ2n) is 2.15. The maximum absolute atomic E-state index is 10.6. The molecule has 0 unspecified atom stereocenters. The second kappa shape index (κ2) is 8.98. The van der Waals surface area contributed by atoms with E-state index in [1.165, 1.54) is 7.05 Å². The molecule has 0 saturated carbocycles. The van der Waals surface area contributed by atoms with Crippen LogP contribution in [0.15, 0.2) is 0 Å². The Balaban J connectivity index is -0.000000720. The molecule has 76 valence electrons. The number of hydrogen-bond acceptors (Lipinski definition) is 6. The van der Waals surface area contributed by atoms with Gasteiger partial charge in [-0.3, -0.25) is 5.41 Å². The summed E-state index contributed by atoms with van der Waals surface area (Å²) >= 11 is 0. The van der Waals surface area contributed by atoms with Gasteiger partial charge in [-0.2, -0.15) is 0 Å². The molecule has 8 nitrogen and oxygen atoms in total. The number of carbonyl (C=O) groups excluding carboxylic acids is 1. The minimum atomic E-state index is -5.30. The Morgan fingerprint density at radius 3 is 2.20 bits per heavy atom. The average Bonchev–Trinajstić information content (AvgIpc) is 1.81. The van der Waals surface area contributed by atoms with Crippen molar-refractivity contribution in [3.63, 3.8) is 0 Å². The van der Waals surface area contributed by atoms with E-state index >= 15 is 0 Å². The number of carbonyl (C=O) groups is 1. The molecule has 0 spiro atoms. The molecule has 0 aromatic carbocycles. The Kier molecular flexibility index (Phi) is 12.7. The van der Waals surface area contributed by atoms with Gasteiger partial charge in [0.15, 0.2) is 5.96 Å². The van der Waals surface area contributed by atoms with Crippen LogP contribution in [0.3, 0.4) is 0 Å². The number of nitrogens with zero attached hydrogens (tertiary/aromatic N) is 1. The van der Waals surface area contributed by atoms with Crippen molar-refractivity contribution in [1.82, 2.24) is 4.90 Å². The van der Waals surface area contributed by atoms with Gasteiger partial charge < -0.3 is 29.5 Å². The van der Waals surface area contributed by atoms with Crippen molar-refractivity contribution in [3.8, 4) is 0 Å². The summed E-state index contributed by atoms with van der Waals surface area (Å²) in [5, 5.41) is 6.80. The number of rotatable bonds is 3. The summed E-state index contributed by atoms with van der Waals surface area (Å²) in [4.78, 5) is 31.3. The smallest absolute Gasteiger partial charge is 0.780 e. The van der Waals surface area contributed by atoms with Crippen LogP contribution in [0.4, 0.5) is 0 Å². The monoisotopic (exact) mass is 255 g/mol. The van der Waals surface area contributed by atoms with Crippen LogP contribution >= 0.6 is 7.82 Å². The summed E-state index contributed by atoms with van der Waals surface area (Å²) in [6.45, 7) is -0.566. The third-order valence-corrected chi connectivity index (χ3v) is 1.42. The van der Waals surface area contributed by atoms with Crippen LogP contribution in [-0.4, -0.2) is 30.4 Å². The summed E-state index contributed by atoms with van der Waals surface area (Å²) in [7, 11) is -4.03. The van der Waals surface area contributed by atoms with Gasteiger partial charge in [0.2, 0.25) is 0 Å². The zero-order chi connectivity index (χ0) is 10.6. The Morgan fingerprint density at radius 2 is 1.93 bits per heavy atom. The van der Waals surface area contributed by atoms with Crippen molar-refractivity contribution in [2.24, 2.45) is 5.73 Å². The molecule has 0 bridgehead atoms. The Labute approximate surface area is 131 Å². The van der Waals surface area contributed by atoms with Gasteiger partial charge in [-0.05, 0) is 0 Å². The van der Waals surface area contributed by atoms with E-state index < -0.39 is 26.3 Å². The first-order valence-corrected chi connectivity index (χ1v) is 4.48. The van der Waals surface area contributed by atoms with Crippen molar-refractivity contribution in [1.29, 1.82) is 5.41 Å². The van der Waals surface area contributed by atoms with E-state index in [4.69, 9.17) is 11.1 Å². The zero-order valence-electron chi connectivity index (χ0n) is 8.72. The van der Waals surface area contributed by atoms with Crippen molar-refractivity contribution < 1.29 is 82.8 Å². The van der Waals surface area contributed by atoms with Gasteiger partial charge in [0, 0.05) is 7.05 Å². The first-order chi connectivity index (χ1) is 5.72. The summed E-state index contributed by atoms with van der Waals surface area (Å²) in [5.74, 6) is -1.71. The number of nitrogens with one attached hydrogen (secondary N) is 1. The summed E-state index contributed by atoms with van der Waals surface area (Å²) in [6.07, 6.45) is 0. The van der Waals surface area contributed by atoms with Crippen LogP contribution in [0.5, 0.6) is 0 Å². The van der Waals surface area contributed by atoms with Crippen LogP contribution in [0, 0.1) is 5.41 Å². The molecular formula is C4H8N3Na2O5P. The van der Waals surface area contributed by atoms with Gasteiger partial charge in [-0.15, -0.1) is 0 Å². The van der Waals surface area contributed by atoms with E-state index in [2.05, 4.69) is 4.52 Å². The maximum Gasteiger partial charge on any atom is 1.00 e. The van der Waals surface area contributed by atoms with Crippen molar-refractivity contribution in [2.75, 3.05) is 13.6 Å². The average molecular weight is 255 g/mol. The number of hydrogen-bond donors (Lipinski definition) is 2. The molecule has 0 rings (SSSR count). The summed E-state index contributed by atoms with van der Waals surface area (Å²) in [5.41, 5.74) is 4.92. The fraction of sp³-hybridized carbons (Fsp3) is 0.500. The molecular weight excluding hydrogens is 247 g/mol. The quantitative estimate of drug-likeness (QED) is 0.220. The molecule has 0 aliphatic carbocycles. The van der Waals surface area contributed by atoms with Gasteiger partial charge in [0.25, 0.3) is 0 Å². The predicted molar refractivity (Wildman–Crippen MR) is 38.2 cm³/mol. The molecule has 0 amide bonds. The van der Waals surface area contributed by atoms with Crippen LogP contribution < -0.4 is 74.6 Å². The van der Waals surface area contributed by atoms with Crippen LogP contribution in [0.2, 0.25) is 0 Å². The molecule has 0 saturated heterocycles. The van der Waals surface area contributed by atoms with Crippen LogP contribution in [0.1, 0.15) is 0 Å². The molecule has 0 aliphatic rings. The molecule has 0 aromatic rings. The molecule has 0 fully saturated rings. The number of phosphoric ester groups is 1. The first kappa shape index (κ1) is 21.2. The van der Waals surface area contributed by atoms with Crippen LogP contribution in [0.25, 0.3) is 0 Å². The molecule has 3 N–H and O–H groups in total. The second-order valence-corrected chi connectivity index (χ2v) is 3.23. The van der Waals surface area contributed by atoms with Gasteiger partial charge in [-0.1, -0.05) is 0 Å². The Bertz CT molecular complexity index is 269. The standard InChI is InChI=1S/C4H10N3O5P.2Na/c1-7(4(5)6)2-3(8)12-13(9,10)11;;/h2H2,1H3,(H3,5,6)(H2,9,10,11);;/q;2*+1/p-2. The van der Waals surface area contributed by atoms with E-state index in [0.29, 0.717) is 0 Å². The molecule has 0 radical (unpaired) electrons. The number of likely N-dealkylation sites (N-methyl/N-ethyl adjacent to an activating group) is 1. The summed E-state index contributed by atoms with van der Waals surface area (Å²) in [6, 6.07) is 0. The van der Waals surface area contributed by atoms with Gasteiger partial charge in [-0.25, -0.2) is 4.79 Å². The van der Waals surface area contributed by atoms with Gasteiger partial charge in [0.05, 0.1) is 0 Å². The van der Waals surface area contributed by atoms with Crippen molar-refractivity contribution >= 4 is 19.8 Å². The van der Waals surface area contributed by atoms with Crippen molar-refractivity contribution in [3.05, 3.63) is 0 Å². The number of guanidine groups is 1. The van der Waals surface area contributed by atoms with E-state index in [9.17, 15) is 19.1 Å². The minimum Gasteiger partial charge on any atom is -0.780 e. The van der Waals surface area contributed by atoms with E-state index in [1.54, 1.807) is 0 Å². The molecule has 15 heavy (non-hydrogen) atoms. The molecule has 0 atom stereocenters. The Morgan fingerprint density at radius 1 is 1.53 bits per heavy atom. The minimum absolute atomic E-state index is 0. The van der Waals surface area contributed by atoms with E-state index in [1.807, 2.05) is 0 Å². The molecule has 0 aliphatic heterocycles. The number of phosphoric acid groups is 1. The zero-order valence-corrected chi connectivity index (χ0v) is 13.6. The fourth-order valence-corrected chi connectivity index (χ4v) is 0.740. The predicted octanol–water partition coefficient (Wildman–Crippen LogP) is -8.81. The van der Waals surface area contributed by atoms with Crippen molar-refractivity contribution in [2.45, 2.75) is 0 Å². The SMILES string of the molecule is CN(CC(=O)OP(=O)([O-])[O-])C(=N)N.[Na+].[Na+]. The molecule has 11 heteroatoms.